The van der Waals surface area contributed by atoms with Gasteiger partial charge in [0.05, 0.1) is 5.25 Å². The third kappa shape index (κ3) is 6.28. The molecule has 2 aliphatic rings. The number of thioether (sulfide) groups is 1. The first-order chi connectivity index (χ1) is 17.7. The summed E-state index contributed by atoms with van der Waals surface area (Å²) >= 11 is 1.48. The van der Waals surface area contributed by atoms with Crippen molar-refractivity contribution in [2.75, 3.05) is 24.2 Å². The lowest BCUT2D eigenvalue weighted by Crippen LogP contribution is -2.37. The SMILES string of the molecule is CC(=[NH2+])CCCSC1CC(=O)N(CCC(=O)Nc2ccc3c(c2)-c2ccccc2C3COC(C)=O)C1=O. The number of nitrogens with one attached hydrogen (secondary N) is 1. The molecule has 37 heavy (non-hydrogen) atoms. The van der Waals surface area contributed by atoms with E-state index in [0.717, 1.165) is 46.6 Å². The quantitative estimate of drug-likeness (QED) is 0.203. The molecule has 8 nitrogen and oxygen atoms in total. The van der Waals surface area contributed by atoms with Crippen molar-refractivity contribution in [2.24, 2.45) is 0 Å². The van der Waals surface area contributed by atoms with Gasteiger partial charge in [0.15, 0.2) is 0 Å². The molecule has 2 unspecified atom stereocenters. The van der Waals surface area contributed by atoms with Gasteiger partial charge in [-0.1, -0.05) is 30.3 Å². The summed E-state index contributed by atoms with van der Waals surface area (Å²) in [5.74, 6) is -0.344. The summed E-state index contributed by atoms with van der Waals surface area (Å²) in [6.45, 7) is 3.58. The molecule has 2 aromatic carbocycles. The van der Waals surface area contributed by atoms with Crippen LogP contribution in [0.25, 0.3) is 11.1 Å². The molecule has 0 spiro atoms. The van der Waals surface area contributed by atoms with Gasteiger partial charge in [0.25, 0.3) is 0 Å². The van der Waals surface area contributed by atoms with E-state index in [0.29, 0.717) is 5.69 Å². The van der Waals surface area contributed by atoms with Crippen molar-refractivity contribution >= 4 is 46.9 Å². The van der Waals surface area contributed by atoms with E-state index in [1.54, 1.807) is 0 Å². The Morgan fingerprint density at radius 1 is 1.08 bits per heavy atom. The molecule has 3 amide bonds. The summed E-state index contributed by atoms with van der Waals surface area (Å²) in [6.07, 6.45) is 1.87. The molecule has 1 fully saturated rings. The lowest BCUT2D eigenvalue weighted by atomic mass is 9.98. The zero-order chi connectivity index (χ0) is 26.5. The number of nitrogens with zero attached hydrogens (tertiary/aromatic N) is 1. The Hall–Kier alpha value is -3.46. The zero-order valence-electron chi connectivity index (χ0n) is 21.1. The van der Waals surface area contributed by atoms with Crippen LogP contribution in [0.4, 0.5) is 5.69 Å². The summed E-state index contributed by atoms with van der Waals surface area (Å²) in [5, 5.41) is 8.19. The predicted molar refractivity (Wildman–Crippen MR) is 143 cm³/mol. The van der Waals surface area contributed by atoms with Gasteiger partial charge in [0, 0.05) is 51.3 Å². The van der Waals surface area contributed by atoms with Crippen LogP contribution >= 0.6 is 11.8 Å². The molecule has 0 bridgehead atoms. The highest BCUT2D eigenvalue weighted by Gasteiger charge is 2.38. The van der Waals surface area contributed by atoms with Crippen molar-refractivity contribution in [1.29, 1.82) is 0 Å². The third-order valence-electron chi connectivity index (χ3n) is 6.59. The molecule has 0 saturated carbocycles. The number of fused-ring (bicyclic) bond motifs is 3. The van der Waals surface area contributed by atoms with E-state index in [1.807, 2.05) is 49.4 Å². The van der Waals surface area contributed by atoms with E-state index >= 15 is 0 Å². The second-order valence-electron chi connectivity index (χ2n) is 9.44. The summed E-state index contributed by atoms with van der Waals surface area (Å²) in [7, 11) is 0. The smallest absolute Gasteiger partial charge is 0.302 e. The van der Waals surface area contributed by atoms with Gasteiger partial charge in [-0.25, -0.2) is 0 Å². The lowest BCUT2D eigenvalue weighted by molar-refractivity contribution is -0.141. The van der Waals surface area contributed by atoms with Crippen LogP contribution in [-0.4, -0.2) is 58.5 Å². The number of hydrogen-bond acceptors (Lipinski definition) is 6. The van der Waals surface area contributed by atoms with Gasteiger partial charge in [0.2, 0.25) is 17.7 Å². The molecule has 3 N–H and O–H groups in total. The minimum Gasteiger partial charge on any atom is -0.465 e. The van der Waals surface area contributed by atoms with Crippen molar-refractivity contribution in [2.45, 2.75) is 50.7 Å². The maximum atomic E-state index is 12.7. The second-order valence-corrected chi connectivity index (χ2v) is 10.8. The summed E-state index contributed by atoms with van der Waals surface area (Å²) in [6, 6.07) is 13.6. The maximum Gasteiger partial charge on any atom is 0.302 e. The molecule has 2 aromatic rings. The zero-order valence-corrected chi connectivity index (χ0v) is 21.9. The van der Waals surface area contributed by atoms with Crippen LogP contribution < -0.4 is 10.7 Å². The number of anilines is 1. The van der Waals surface area contributed by atoms with E-state index < -0.39 is 0 Å². The molecule has 4 rings (SSSR count). The second kappa shape index (κ2) is 11.7. The number of ether oxygens (including phenoxy) is 1. The molecule has 1 saturated heterocycles. The normalized spacial score (nSPS) is 17.9. The van der Waals surface area contributed by atoms with Gasteiger partial charge in [-0.2, -0.15) is 0 Å². The van der Waals surface area contributed by atoms with Gasteiger partial charge in [-0.3, -0.25) is 29.5 Å². The summed E-state index contributed by atoms with van der Waals surface area (Å²) in [4.78, 5) is 50.3. The Bertz CT molecular complexity index is 1240. The van der Waals surface area contributed by atoms with Crippen LogP contribution in [0, 0.1) is 0 Å². The van der Waals surface area contributed by atoms with Crippen LogP contribution in [0.5, 0.6) is 0 Å². The summed E-state index contributed by atoms with van der Waals surface area (Å²) in [5.41, 5.74) is 5.64. The standard InChI is InChI=1S/C28H31N3O5S/c1-17(29)6-5-13-37-25-15-27(34)31(28(25)35)12-11-26(33)30-19-9-10-22-23(14-19)20-7-3-4-8-21(20)24(22)16-36-18(2)32/h3-4,7-10,14,24-25,29H,5-6,11-13,15-16H2,1-2H3,(H,30,33)/p+1. The number of carbonyl (C=O) groups is 4. The van der Waals surface area contributed by atoms with Crippen LogP contribution in [0.15, 0.2) is 42.5 Å². The van der Waals surface area contributed by atoms with Crippen molar-refractivity contribution in [1.82, 2.24) is 4.90 Å². The van der Waals surface area contributed by atoms with Crippen molar-refractivity contribution in [3.8, 4) is 11.1 Å². The number of carbonyl (C=O) groups excluding carboxylic acids is 4. The molecule has 194 valence electrons. The average Bonchev–Trinajstić information content (AvgIpc) is 3.31. The first kappa shape index (κ1) is 26.6. The number of esters is 1. The van der Waals surface area contributed by atoms with E-state index in [-0.39, 0.29) is 60.9 Å². The number of hydrogen-bond donors (Lipinski definition) is 2. The Labute approximate surface area is 220 Å². The number of amides is 3. The third-order valence-corrected chi connectivity index (χ3v) is 7.89. The van der Waals surface area contributed by atoms with Crippen LogP contribution in [0.3, 0.4) is 0 Å². The van der Waals surface area contributed by atoms with Crippen LogP contribution in [0.1, 0.15) is 56.6 Å². The fourth-order valence-electron chi connectivity index (χ4n) is 4.80. The summed E-state index contributed by atoms with van der Waals surface area (Å²) < 4.78 is 5.30. The molecule has 0 radical (unpaired) electrons. The number of imide groups is 1. The minimum absolute atomic E-state index is 0.0267. The number of rotatable bonds is 11. The van der Waals surface area contributed by atoms with E-state index in [1.165, 1.54) is 23.6 Å². The minimum atomic E-state index is -0.384. The molecule has 1 heterocycles. The average molecular weight is 523 g/mol. The molecule has 2 atom stereocenters. The van der Waals surface area contributed by atoms with Gasteiger partial charge in [-0.15, -0.1) is 11.8 Å². The largest absolute Gasteiger partial charge is 0.465 e. The molecule has 1 aliphatic heterocycles. The van der Waals surface area contributed by atoms with E-state index in [4.69, 9.17) is 10.1 Å². The van der Waals surface area contributed by atoms with Gasteiger partial charge in [0.1, 0.15) is 12.3 Å². The Morgan fingerprint density at radius 3 is 2.59 bits per heavy atom. The highest BCUT2D eigenvalue weighted by Crippen LogP contribution is 2.45. The highest BCUT2D eigenvalue weighted by atomic mass is 32.2. The topological polar surface area (TPSA) is 118 Å². The molecular formula is C28H32N3O5S+. The van der Waals surface area contributed by atoms with Crippen molar-refractivity contribution < 1.29 is 29.3 Å². The first-order valence-corrected chi connectivity index (χ1v) is 13.5. The fraction of sp³-hybridized carbons (Fsp3) is 0.393. The molecule has 1 aliphatic carbocycles. The van der Waals surface area contributed by atoms with Gasteiger partial charge < -0.3 is 10.1 Å². The first-order valence-electron chi connectivity index (χ1n) is 12.4. The number of nitrogens with two attached hydrogens (primary N) is 1. The van der Waals surface area contributed by atoms with Crippen molar-refractivity contribution in [3.05, 3.63) is 53.6 Å². The number of likely N-dealkylation sites (tertiary alicyclic amines) is 1. The molecule has 9 heteroatoms. The van der Waals surface area contributed by atoms with E-state index in [9.17, 15) is 19.2 Å². The maximum absolute atomic E-state index is 12.7. The monoisotopic (exact) mass is 522 g/mol. The predicted octanol–water partition coefficient (Wildman–Crippen LogP) is 2.55. The Balaban J connectivity index is 1.35. The Kier molecular flexibility index (Phi) is 8.43. The van der Waals surface area contributed by atoms with Crippen LogP contribution in [-0.2, 0) is 23.9 Å². The van der Waals surface area contributed by atoms with Gasteiger partial charge >= 0.3 is 5.97 Å². The highest BCUT2D eigenvalue weighted by molar-refractivity contribution is 8.00. The fourth-order valence-corrected chi connectivity index (χ4v) is 5.92. The lowest BCUT2D eigenvalue weighted by Gasteiger charge is -2.15. The molecule has 0 aromatic heterocycles. The number of benzene rings is 2. The van der Waals surface area contributed by atoms with Crippen molar-refractivity contribution in [3.63, 3.8) is 0 Å². The molecular weight excluding hydrogens is 490 g/mol. The van der Waals surface area contributed by atoms with E-state index in [2.05, 4.69) is 5.32 Å². The van der Waals surface area contributed by atoms with Gasteiger partial charge in [-0.05, 0) is 46.6 Å². The van der Waals surface area contributed by atoms with Crippen LogP contribution in [0.2, 0.25) is 0 Å². The Morgan fingerprint density at radius 2 is 1.84 bits per heavy atom.